The highest BCUT2D eigenvalue weighted by Crippen LogP contribution is 2.52. The number of carbonyl (C=O) groups is 1. The van der Waals surface area contributed by atoms with Gasteiger partial charge in [0.1, 0.15) is 11.6 Å². The number of rotatable bonds is 1. The molecule has 4 nitrogen and oxygen atoms in total. The molecule has 0 spiro atoms. The van der Waals surface area contributed by atoms with E-state index in [9.17, 15) is 4.79 Å². The highest BCUT2D eigenvalue weighted by molar-refractivity contribution is 6.26. The number of hydrogen-bond donors (Lipinski definition) is 0. The molecule has 1 amide bonds. The lowest BCUT2D eigenvalue weighted by molar-refractivity contribution is -0.337. The first kappa shape index (κ1) is 21.4. The van der Waals surface area contributed by atoms with Crippen LogP contribution in [0.3, 0.4) is 0 Å². The molecule has 2 aromatic heterocycles. The van der Waals surface area contributed by atoms with Crippen molar-refractivity contribution in [3.8, 4) is 16.8 Å². The maximum Gasteiger partial charge on any atom is 0.426 e. The Labute approximate surface area is 235 Å². The molecular formula is C37H22N3O+. The van der Waals surface area contributed by atoms with E-state index in [1.807, 2.05) is 22.8 Å². The zero-order valence-corrected chi connectivity index (χ0v) is 22.0. The summed E-state index contributed by atoms with van der Waals surface area (Å²) < 4.78 is 6.75. The van der Waals surface area contributed by atoms with Crippen molar-refractivity contribution in [1.82, 2.24) is 9.13 Å². The second-order valence-electron chi connectivity index (χ2n) is 11.1. The van der Waals surface area contributed by atoms with Crippen molar-refractivity contribution in [1.29, 1.82) is 0 Å². The number of benzene rings is 5. The van der Waals surface area contributed by atoms with Crippen molar-refractivity contribution in [2.45, 2.75) is 6.04 Å². The van der Waals surface area contributed by atoms with Crippen LogP contribution in [0.1, 0.15) is 16.4 Å². The first-order chi connectivity index (χ1) is 20.3. The standard InChI is InChI=1S/C37H22N3O/c41-37-27-20-21-32-34(25-13-5-7-15-29(25)38(32)22-10-2-1-3-11-22)33(27)26-19-18-24-23-12-4-6-14-28(23)39-30-16-8-9-17-31(30)40(37)36(26)35(24)39/h1-21,30H/q+1. The summed E-state index contributed by atoms with van der Waals surface area (Å²) in [6.07, 6.45) is 8.44. The fourth-order valence-electron chi connectivity index (χ4n) is 7.58. The molecule has 4 heteroatoms. The van der Waals surface area contributed by atoms with Crippen molar-refractivity contribution < 1.29 is 9.37 Å². The molecule has 2 aliphatic heterocycles. The molecule has 0 bridgehead atoms. The van der Waals surface area contributed by atoms with Crippen LogP contribution in [0.5, 0.6) is 0 Å². The van der Waals surface area contributed by atoms with Gasteiger partial charge in [0.25, 0.3) is 0 Å². The molecule has 190 valence electrons. The van der Waals surface area contributed by atoms with Gasteiger partial charge in [-0.05, 0) is 42.5 Å². The predicted octanol–water partition coefficient (Wildman–Crippen LogP) is 8.48. The van der Waals surface area contributed by atoms with Crippen LogP contribution in [0, 0.1) is 0 Å². The van der Waals surface area contributed by atoms with Gasteiger partial charge in [0.15, 0.2) is 0 Å². The summed E-state index contributed by atoms with van der Waals surface area (Å²) >= 11 is 0. The summed E-state index contributed by atoms with van der Waals surface area (Å²) in [6, 6.07) is 36.3. The predicted molar refractivity (Wildman–Crippen MR) is 166 cm³/mol. The van der Waals surface area contributed by atoms with Crippen molar-refractivity contribution in [3.63, 3.8) is 0 Å². The Kier molecular flexibility index (Phi) is 3.84. The van der Waals surface area contributed by atoms with E-state index in [1.165, 1.54) is 16.3 Å². The largest absolute Gasteiger partial charge is 0.426 e. The Bertz CT molecular complexity index is 2430. The molecule has 1 unspecified atom stereocenters. The van der Waals surface area contributed by atoms with Crippen LogP contribution in [0.4, 0.5) is 5.69 Å². The van der Waals surface area contributed by atoms with Gasteiger partial charge < -0.3 is 9.13 Å². The van der Waals surface area contributed by atoms with Gasteiger partial charge in [-0.2, -0.15) is 0 Å². The second kappa shape index (κ2) is 7.38. The lowest BCUT2D eigenvalue weighted by atomic mass is 9.87. The van der Waals surface area contributed by atoms with Crippen LogP contribution < -0.4 is 0 Å². The van der Waals surface area contributed by atoms with E-state index in [1.54, 1.807) is 0 Å². The van der Waals surface area contributed by atoms with Crippen LogP contribution in [-0.2, 0) is 0 Å². The molecule has 0 fully saturated rings. The number of fused-ring (bicyclic) bond motifs is 11. The lowest BCUT2D eigenvalue weighted by Gasteiger charge is -2.27. The van der Waals surface area contributed by atoms with E-state index in [2.05, 4.69) is 118 Å². The molecule has 7 aromatic rings. The van der Waals surface area contributed by atoms with E-state index in [0.717, 1.165) is 61.1 Å². The molecular weight excluding hydrogens is 502 g/mol. The van der Waals surface area contributed by atoms with Crippen LogP contribution in [0.25, 0.3) is 60.4 Å². The average molecular weight is 525 g/mol. The molecule has 3 aliphatic rings. The van der Waals surface area contributed by atoms with Gasteiger partial charge in [-0.1, -0.05) is 78.9 Å². The summed E-state index contributed by atoms with van der Waals surface area (Å²) in [5.74, 6) is 0.0369. The minimum Gasteiger partial charge on any atom is -0.318 e. The summed E-state index contributed by atoms with van der Waals surface area (Å²) in [5.41, 5.74) is 10.5. The van der Waals surface area contributed by atoms with Crippen LogP contribution in [-0.4, -0.2) is 25.3 Å². The van der Waals surface area contributed by atoms with Crippen LogP contribution >= 0.6 is 0 Å². The zero-order valence-electron chi connectivity index (χ0n) is 22.0. The molecule has 5 aromatic carbocycles. The number of amides is 1. The second-order valence-corrected chi connectivity index (χ2v) is 11.1. The molecule has 0 saturated carbocycles. The van der Waals surface area contributed by atoms with E-state index >= 15 is 0 Å². The summed E-state index contributed by atoms with van der Waals surface area (Å²) in [5, 5.41) is 4.67. The monoisotopic (exact) mass is 524 g/mol. The molecule has 4 heterocycles. The maximum absolute atomic E-state index is 14.6. The Morgan fingerprint density at radius 2 is 1.39 bits per heavy atom. The highest BCUT2D eigenvalue weighted by atomic mass is 16.2. The van der Waals surface area contributed by atoms with Crippen molar-refractivity contribution in [2.75, 3.05) is 0 Å². The van der Waals surface area contributed by atoms with Crippen molar-refractivity contribution in [2.24, 2.45) is 0 Å². The average Bonchev–Trinajstić information content (AvgIpc) is 3.55. The fourth-order valence-corrected chi connectivity index (χ4v) is 7.58. The Morgan fingerprint density at radius 1 is 0.634 bits per heavy atom. The van der Waals surface area contributed by atoms with Gasteiger partial charge >= 0.3 is 5.91 Å². The SMILES string of the molecule is O=C1c2ccc3c(c2-c2ccc4c5ccccc5n5c4c2[N+]1=C1C=CC=CC15)c1ccccc1n3-c1ccccc1. The molecule has 1 aliphatic carbocycles. The summed E-state index contributed by atoms with van der Waals surface area (Å²) in [6.45, 7) is 0. The quantitative estimate of drug-likeness (QED) is 0.198. The van der Waals surface area contributed by atoms with Gasteiger partial charge in [-0.3, -0.25) is 0 Å². The Balaban J connectivity index is 1.43. The highest BCUT2D eigenvalue weighted by Gasteiger charge is 2.46. The number of carbonyl (C=O) groups excluding carboxylic acids is 1. The Morgan fingerprint density at radius 3 is 2.27 bits per heavy atom. The van der Waals surface area contributed by atoms with Crippen molar-refractivity contribution >= 4 is 60.9 Å². The molecule has 1 atom stereocenters. The lowest BCUT2D eigenvalue weighted by Crippen LogP contribution is -2.35. The van der Waals surface area contributed by atoms with Gasteiger partial charge in [-0.15, -0.1) is 4.58 Å². The van der Waals surface area contributed by atoms with E-state index < -0.39 is 0 Å². The Hall–Kier alpha value is -5.48. The number of allylic oxidation sites excluding steroid dienone is 4. The van der Waals surface area contributed by atoms with E-state index in [4.69, 9.17) is 0 Å². The fraction of sp³-hybridized carbons (Fsp3) is 0.0270. The van der Waals surface area contributed by atoms with Crippen LogP contribution in [0.2, 0.25) is 0 Å². The molecule has 0 radical (unpaired) electrons. The number of hydrogen-bond acceptors (Lipinski definition) is 1. The van der Waals surface area contributed by atoms with Gasteiger partial charge in [0.05, 0.1) is 27.7 Å². The molecule has 41 heavy (non-hydrogen) atoms. The summed E-state index contributed by atoms with van der Waals surface area (Å²) in [7, 11) is 0. The van der Waals surface area contributed by atoms with Crippen LogP contribution in [0.15, 0.2) is 127 Å². The topological polar surface area (TPSA) is 29.9 Å². The van der Waals surface area contributed by atoms with E-state index in [0.29, 0.717) is 0 Å². The van der Waals surface area contributed by atoms with Gasteiger partial charge in [0.2, 0.25) is 11.4 Å². The van der Waals surface area contributed by atoms with Gasteiger partial charge in [-0.25, -0.2) is 4.79 Å². The normalized spacial score (nSPS) is 16.8. The summed E-state index contributed by atoms with van der Waals surface area (Å²) in [4.78, 5) is 14.6. The first-order valence-corrected chi connectivity index (χ1v) is 14.0. The minimum atomic E-state index is -0.0422. The first-order valence-electron chi connectivity index (χ1n) is 14.0. The van der Waals surface area contributed by atoms with Crippen molar-refractivity contribution in [3.05, 3.63) is 133 Å². The zero-order chi connectivity index (χ0) is 26.8. The van der Waals surface area contributed by atoms with E-state index in [-0.39, 0.29) is 11.9 Å². The number of nitrogens with zero attached hydrogens (tertiary/aromatic N) is 3. The smallest absolute Gasteiger partial charge is 0.318 e. The molecule has 0 saturated heterocycles. The third-order valence-electron chi connectivity index (χ3n) is 9.14. The minimum absolute atomic E-state index is 0.0369. The van der Waals surface area contributed by atoms with Gasteiger partial charge in [0, 0.05) is 38.9 Å². The number of aromatic nitrogens is 2. The number of para-hydroxylation sites is 3. The molecule has 10 rings (SSSR count). The molecule has 0 N–H and O–H groups in total. The third-order valence-corrected chi connectivity index (χ3v) is 9.14. The third kappa shape index (κ3) is 2.47. The maximum atomic E-state index is 14.6.